The van der Waals surface area contributed by atoms with Crippen LogP contribution in [0.15, 0.2) is 42.5 Å². The smallest absolute Gasteiger partial charge is 0.338 e. The Morgan fingerprint density at radius 3 is 2.08 bits per heavy atom. The first-order valence-corrected chi connectivity index (χ1v) is 24.0. The normalized spacial score (nSPS) is 24.3. The molecule has 0 amide bonds. The zero-order valence-electron chi connectivity index (χ0n) is 32.0. The first-order chi connectivity index (χ1) is 22.4. The van der Waals surface area contributed by atoms with Gasteiger partial charge in [0.25, 0.3) is 9.04 Å². The van der Waals surface area contributed by atoms with E-state index in [1.807, 2.05) is 25.1 Å². The summed E-state index contributed by atoms with van der Waals surface area (Å²) in [4.78, 5) is 12.7. The monoisotopic (exact) mass is 687 g/mol. The van der Waals surface area contributed by atoms with E-state index in [0.29, 0.717) is 18.8 Å². The second-order valence-electron chi connectivity index (χ2n) is 18.1. The molecule has 0 unspecified atom stereocenters. The molecule has 0 saturated heterocycles. The number of hydrogen-bond acceptors (Lipinski definition) is 4. The van der Waals surface area contributed by atoms with Crippen LogP contribution in [0.2, 0.25) is 31.2 Å². The molecule has 0 aliphatic heterocycles. The fourth-order valence-corrected chi connectivity index (χ4v) is 10.5. The van der Waals surface area contributed by atoms with Crippen molar-refractivity contribution in [3.8, 4) is 5.75 Å². The Labute approximate surface area is 295 Å². The third kappa shape index (κ3) is 8.07. The van der Waals surface area contributed by atoms with Gasteiger partial charge in [-0.15, -0.1) is 0 Å². The summed E-state index contributed by atoms with van der Waals surface area (Å²) in [5.74, 6) is 3.58. The van der Waals surface area contributed by atoms with E-state index in [1.165, 1.54) is 55.4 Å². The highest BCUT2D eigenvalue weighted by Gasteiger charge is 2.54. The van der Waals surface area contributed by atoms with Crippen LogP contribution in [-0.2, 0) is 26.4 Å². The number of esters is 1. The quantitative estimate of drug-likeness (QED) is 0.165. The molecule has 6 rings (SSSR count). The number of benzene rings is 2. The number of hydrogen-bond donors (Lipinski definition) is 0. The lowest BCUT2D eigenvalue weighted by atomic mass is 9.47. The predicted molar refractivity (Wildman–Crippen MR) is 205 cm³/mol. The van der Waals surface area contributed by atoms with Crippen molar-refractivity contribution >= 4 is 28.9 Å². The van der Waals surface area contributed by atoms with Gasteiger partial charge in [0.1, 0.15) is 5.75 Å². The van der Waals surface area contributed by atoms with Crippen molar-refractivity contribution in [2.75, 3.05) is 13.2 Å². The Hall–Kier alpha value is -2.16. The Morgan fingerprint density at radius 1 is 0.938 bits per heavy atom. The summed E-state index contributed by atoms with van der Waals surface area (Å²) in [6.07, 6.45) is 12.5. The third-order valence-corrected chi connectivity index (χ3v) is 17.0. The lowest BCUT2D eigenvalue weighted by molar-refractivity contribution is -0.00662. The summed E-state index contributed by atoms with van der Waals surface area (Å²) in [6.45, 7) is 25.9. The maximum absolute atomic E-state index is 12.7. The van der Waals surface area contributed by atoms with E-state index in [-0.39, 0.29) is 21.8 Å². The highest BCUT2D eigenvalue weighted by Crippen LogP contribution is 2.63. The zero-order chi connectivity index (χ0) is 35.1. The fraction of sp³-hybridized carbons (Fsp3) is 0.643. The Kier molecular flexibility index (Phi) is 11.0. The molecule has 0 aromatic heterocycles. The van der Waals surface area contributed by atoms with Gasteiger partial charge in [0, 0.05) is 11.0 Å². The molecule has 0 atom stereocenters. The van der Waals surface area contributed by atoms with Crippen LogP contribution in [-0.4, -0.2) is 36.5 Å². The van der Waals surface area contributed by atoms with Gasteiger partial charge in [0.05, 0.1) is 18.8 Å². The first-order valence-electron chi connectivity index (χ1n) is 18.7. The summed E-state index contributed by atoms with van der Waals surface area (Å²) >= 11 is 0. The molecule has 6 heteroatoms. The Bertz CT molecular complexity index is 1450. The van der Waals surface area contributed by atoms with E-state index >= 15 is 0 Å². The van der Waals surface area contributed by atoms with Crippen LogP contribution in [0.25, 0.3) is 5.57 Å². The molecule has 2 aromatic rings. The summed E-state index contributed by atoms with van der Waals surface area (Å²) in [5, 5.41) is 0.110. The molecular weight excluding hydrogens is 625 g/mol. The lowest BCUT2D eigenvalue weighted by Crippen LogP contribution is -2.49. The largest absolute Gasteiger partial charge is 0.542 e. The maximum Gasteiger partial charge on any atom is 0.338 e. The zero-order valence-corrected chi connectivity index (χ0v) is 34.0. The molecule has 2 aromatic carbocycles. The average molecular weight is 688 g/mol. The van der Waals surface area contributed by atoms with Crippen molar-refractivity contribution in [3.05, 3.63) is 70.3 Å². The van der Waals surface area contributed by atoms with Crippen molar-refractivity contribution < 1.29 is 18.4 Å². The lowest BCUT2D eigenvalue weighted by Gasteiger charge is -2.58. The van der Waals surface area contributed by atoms with Gasteiger partial charge < -0.3 is 13.6 Å². The maximum atomic E-state index is 12.7. The molecule has 4 aliphatic carbocycles. The summed E-state index contributed by atoms with van der Waals surface area (Å²) < 4.78 is 19.2. The van der Waals surface area contributed by atoms with E-state index < -0.39 is 17.4 Å². The Balaban J connectivity index is 1.52. The van der Waals surface area contributed by atoms with Gasteiger partial charge in [-0.05, 0) is 147 Å². The standard InChI is InChI=1S/C42H63O4Si2/c1-12-44-39(43)34-17-14-16-33(24-34)35(28-45-48(10,11)41(5,6)7)18-13-15-32-19-20-36(40(2,3)4)37(38(32)46-47(8)9)42-25-29-21-30(26-42)23-31(22-29)27-42/h14,16-20,24,29-31H,12-13,15,21-23,25-28H2,1-11H3. The van der Waals surface area contributed by atoms with Gasteiger partial charge >= 0.3 is 5.97 Å². The first kappa shape index (κ1) is 37.1. The molecule has 4 fully saturated rings. The SMILES string of the molecule is CCOC(=O)c1cccc(C(=CCCc2ccc(C(C)(C)C)c(C34CC5CC(CC(C5)C3)C4)c2O[Si](C)C)CO[Si](C)(C)C(C)(C)C)c1. The molecule has 1 radical (unpaired) electrons. The third-order valence-electron chi connectivity index (χ3n) is 11.9. The fourth-order valence-electron chi connectivity index (χ4n) is 8.91. The van der Waals surface area contributed by atoms with Gasteiger partial charge in [-0.3, -0.25) is 0 Å². The minimum absolute atomic E-state index is 0.0573. The summed E-state index contributed by atoms with van der Waals surface area (Å²) in [6, 6.07) is 12.7. The molecule has 4 aliphatic rings. The minimum atomic E-state index is -1.99. The molecular formula is C42H63O4Si2. The highest BCUT2D eigenvalue weighted by molar-refractivity contribution is 6.74. The van der Waals surface area contributed by atoms with Gasteiger partial charge in [-0.1, -0.05) is 71.9 Å². The van der Waals surface area contributed by atoms with Crippen molar-refractivity contribution in [2.24, 2.45) is 17.8 Å². The van der Waals surface area contributed by atoms with Crippen molar-refractivity contribution in [3.63, 3.8) is 0 Å². The van der Waals surface area contributed by atoms with E-state index in [9.17, 15) is 4.79 Å². The van der Waals surface area contributed by atoms with Crippen LogP contribution in [0.5, 0.6) is 5.75 Å². The van der Waals surface area contributed by atoms with Crippen LogP contribution < -0.4 is 4.43 Å². The van der Waals surface area contributed by atoms with E-state index in [0.717, 1.165) is 41.7 Å². The van der Waals surface area contributed by atoms with Crippen molar-refractivity contribution in [2.45, 2.75) is 142 Å². The van der Waals surface area contributed by atoms with Gasteiger partial charge in [-0.25, -0.2) is 4.79 Å². The molecule has 0 spiro atoms. The number of ether oxygens (including phenoxy) is 1. The van der Waals surface area contributed by atoms with E-state index in [2.05, 4.69) is 92.0 Å². The van der Waals surface area contributed by atoms with Crippen LogP contribution >= 0.6 is 0 Å². The number of carbonyl (C=O) groups is 1. The molecule has 263 valence electrons. The molecule has 0 N–H and O–H groups in total. The van der Waals surface area contributed by atoms with Gasteiger partial charge in [-0.2, -0.15) is 0 Å². The molecule has 0 heterocycles. The van der Waals surface area contributed by atoms with Crippen molar-refractivity contribution in [1.82, 2.24) is 0 Å². The summed E-state index contributed by atoms with van der Waals surface area (Å²) in [5.41, 5.74) is 7.49. The predicted octanol–water partition coefficient (Wildman–Crippen LogP) is 11.3. The van der Waals surface area contributed by atoms with E-state index in [1.54, 1.807) is 5.56 Å². The van der Waals surface area contributed by atoms with Crippen LogP contribution in [0.4, 0.5) is 0 Å². The molecule has 4 saturated carbocycles. The van der Waals surface area contributed by atoms with E-state index in [4.69, 9.17) is 13.6 Å². The second kappa shape index (κ2) is 14.2. The molecule has 4 nitrogen and oxygen atoms in total. The minimum Gasteiger partial charge on any atom is -0.542 e. The van der Waals surface area contributed by atoms with Crippen LogP contribution in [0, 0.1) is 17.8 Å². The number of aryl methyl sites for hydroxylation is 1. The molecule has 4 bridgehead atoms. The molecule has 48 heavy (non-hydrogen) atoms. The highest BCUT2D eigenvalue weighted by atomic mass is 28.4. The van der Waals surface area contributed by atoms with Crippen LogP contribution in [0.3, 0.4) is 0 Å². The van der Waals surface area contributed by atoms with Gasteiger partial charge in [0.15, 0.2) is 8.32 Å². The second-order valence-corrected chi connectivity index (χ2v) is 24.9. The number of allylic oxidation sites excluding steroid dienone is 1. The topological polar surface area (TPSA) is 44.8 Å². The van der Waals surface area contributed by atoms with Gasteiger partial charge in [0.2, 0.25) is 0 Å². The van der Waals surface area contributed by atoms with Crippen LogP contribution in [0.1, 0.15) is 126 Å². The number of rotatable bonds is 12. The Morgan fingerprint density at radius 2 is 1.54 bits per heavy atom. The number of carbonyl (C=O) groups excluding carboxylic acids is 1. The average Bonchev–Trinajstić information content (AvgIpc) is 2.97. The summed E-state index contributed by atoms with van der Waals surface area (Å²) in [7, 11) is -2.97. The van der Waals surface area contributed by atoms with Crippen molar-refractivity contribution in [1.29, 1.82) is 0 Å².